The quantitative estimate of drug-likeness (QED) is 0.143. The largest absolute Gasteiger partial charge is 0.289 e. The normalized spacial score (nSPS) is 8.41. The third-order valence-electron chi connectivity index (χ3n) is 5.21. The minimum Gasteiger partial charge on any atom is -0.289 e. The van der Waals surface area contributed by atoms with Crippen LogP contribution in [0.1, 0.15) is 165 Å². The molecule has 11 rings (SSSR count). The molecular formula is C62H111N21. The zero-order valence-corrected chi connectivity index (χ0v) is 55.0. The second kappa shape index (κ2) is 140. The number of rotatable bonds is 0. The predicted molar refractivity (Wildman–Crippen MR) is 355 cm³/mol. The lowest BCUT2D eigenvalue weighted by molar-refractivity contribution is 0.865. The molecule has 0 saturated heterocycles. The van der Waals surface area contributed by atoms with Crippen LogP contribution in [0, 0.1) is 0 Å². The first-order valence-electron chi connectivity index (χ1n) is 28.8. The first-order chi connectivity index (χ1) is 41.5. The highest BCUT2D eigenvalue weighted by Crippen LogP contribution is 1.93. The van der Waals surface area contributed by atoms with Gasteiger partial charge in [0.05, 0.1) is 31.3 Å². The molecule has 8 aromatic rings. The lowest BCUT2D eigenvalue weighted by Gasteiger charge is -1.70. The number of nitrogens with zero attached hydrogens (tertiary/aromatic N) is 19. The van der Waals surface area contributed by atoms with Crippen LogP contribution in [-0.2, 0) is 0 Å². The number of nitrogens with one attached hydrogen (secondary N) is 2. The molecule has 0 fully saturated rings. The van der Waals surface area contributed by atoms with Crippen LogP contribution in [0.5, 0.6) is 0 Å². The van der Waals surface area contributed by atoms with E-state index in [2.05, 4.69) is 130 Å². The molecule has 2 aliphatic heterocycles. The van der Waals surface area contributed by atoms with E-state index in [1.165, 1.54) is 38.0 Å². The van der Waals surface area contributed by atoms with Gasteiger partial charge in [-0.3, -0.25) is 30.0 Å². The number of pyridine rings is 1. The van der Waals surface area contributed by atoms with E-state index in [0.717, 1.165) is 19.4 Å². The molecule has 0 bridgehead atoms. The third-order valence-corrected chi connectivity index (χ3v) is 5.21. The fraction of sp³-hybridized carbons (Fsp3) is 0.403. The van der Waals surface area contributed by atoms with Crippen LogP contribution in [0.4, 0.5) is 0 Å². The lowest BCUT2D eigenvalue weighted by atomic mass is 10.5. The molecule has 83 heavy (non-hydrogen) atoms. The summed E-state index contributed by atoms with van der Waals surface area (Å²) in [5.74, 6) is 0. The van der Waals surface area contributed by atoms with Crippen molar-refractivity contribution in [2.45, 2.75) is 165 Å². The molecule has 0 aromatic carbocycles. The van der Waals surface area contributed by atoms with Crippen molar-refractivity contribution in [2.24, 2.45) is 9.98 Å². The van der Waals surface area contributed by atoms with Crippen molar-refractivity contribution in [1.82, 2.24) is 96.1 Å². The number of aromatic amines is 2. The molecule has 3 aliphatic rings. The third kappa shape index (κ3) is 136. The Balaban J connectivity index is -0.0000000739. The second-order valence-corrected chi connectivity index (χ2v) is 9.64. The molecule has 21 nitrogen and oxygen atoms in total. The molecule has 0 spiro atoms. The van der Waals surface area contributed by atoms with Gasteiger partial charge in [-0.15, -0.1) is 10.2 Å². The standard InChI is InChI=1S/C5H5N.C5H6.3C4H4N2.2C4H5N.2C3H3N3.2C2H3N3.11C2H6/c1-2-4-6-5-3-1;1-2-4-5-3-1;1-2-6-4-3-5-1;1-2-5-4-6-3-1;1-2-4-6-5-3-1;2*1-2-4-5-3-1;1-4-2-6-3-5-1;1-2-4-6-5-3-1;1-3-2-5-4-1;1-2-4-5-3-1;11*1-2/h1-5H;1-4H,5H2;3*1-4H;1,3-4H,2H2;1-3H,4H2;2*1-3H;2*1-2H,(H,3,4,5);11*1-2H3. The molecule has 464 valence electrons. The molecular weight excluding hydrogens is 1040 g/mol. The minimum absolute atomic E-state index is 0.889. The first kappa shape index (κ1) is 99.3. The van der Waals surface area contributed by atoms with Gasteiger partial charge in [-0.05, 0) is 54.1 Å². The van der Waals surface area contributed by atoms with Gasteiger partial charge in [0.15, 0.2) is 0 Å². The van der Waals surface area contributed by atoms with Gasteiger partial charge in [-0.25, -0.2) is 29.9 Å². The van der Waals surface area contributed by atoms with Crippen LogP contribution in [-0.4, -0.2) is 115 Å². The Morgan fingerprint density at radius 1 is 0.301 bits per heavy atom. The van der Waals surface area contributed by atoms with Gasteiger partial charge in [-0.1, -0.05) is 195 Å². The zero-order chi connectivity index (χ0) is 65.1. The molecule has 2 N–H and O–H groups in total. The van der Waals surface area contributed by atoms with Crippen molar-refractivity contribution in [2.75, 3.05) is 6.54 Å². The van der Waals surface area contributed by atoms with E-state index >= 15 is 0 Å². The highest BCUT2D eigenvalue weighted by molar-refractivity contribution is 5.73. The predicted octanol–water partition coefficient (Wildman–Crippen LogP) is 16.3. The maximum absolute atomic E-state index is 3.85. The number of allylic oxidation sites excluding steroid dienone is 6. The first-order valence-corrected chi connectivity index (χ1v) is 28.8. The average Bonchev–Trinajstić information content (AvgIpc) is 4.52. The highest BCUT2D eigenvalue weighted by atomic mass is 15.3. The Hall–Kier alpha value is -9.01. The van der Waals surface area contributed by atoms with Crippen molar-refractivity contribution in [1.29, 1.82) is 0 Å². The number of H-pyrrole nitrogens is 2. The maximum Gasteiger partial charge on any atom is 0.137 e. The van der Waals surface area contributed by atoms with Crippen molar-refractivity contribution >= 4 is 12.4 Å². The summed E-state index contributed by atoms with van der Waals surface area (Å²) < 4.78 is 0. The SMILES string of the molecule is C1=CCC=C1.C1=CCN=C1.C1=CN=CC1.CC.CC.CC.CC.CC.CC.CC.CC.CC.CC.CC.c1ccncc1.c1ccnnc1.c1cn[nH]n1.c1cnccn1.c1cncnc1.c1cnnnc1.c1nc[nH]n1.c1ncncn1. The van der Waals surface area contributed by atoms with E-state index in [1.54, 1.807) is 111 Å². The van der Waals surface area contributed by atoms with E-state index in [1.807, 2.05) is 207 Å². The van der Waals surface area contributed by atoms with E-state index in [-0.39, 0.29) is 0 Å². The summed E-state index contributed by atoms with van der Waals surface area (Å²) in [4.78, 5) is 40.4. The molecule has 0 saturated carbocycles. The van der Waals surface area contributed by atoms with Gasteiger partial charge in [0, 0.05) is 87.0 Å². The molecule has 0 amide bonds. The number of aromatic nitrogens is 19. The van der Waals surface area contributed by atoms with Crippen LogP contribution in [0.15, 0.2) is 226 Å². The van der Waals surface area contributed by atoms with E-state index in [9.17, 15) is 0 Å². The molecule has 10 heterocycles. The summed E-state index contributed by atoms with van der Waals surface area (Å²) >= 11 is 0. The van der Waals surface area contributed by atoms with Crippen LogP contribution >= 0.6 is 0 Å². The van der Waals surface area contributed by atoms with Gasteiger partial charge in [0.2, 0.25) is 0 Å². The fourth-order valence-electron chi connectivity index (χ4n) is 2.82. The van der Waals surface area contributed by atoms with Crippen molar-refractivity contribution in [3.63, 3.8) is 0 Å². The summed E-state index contributed by atoms with van der Waals surface area (Å²) in [5.41, 5.74) is 0. The van der Waals surface area contributed by atoms with Gasteiger partial charge in [0.25, 0.3) is 0 Å². The van der Waals surface area contributed by atoms with Crippen LogP contribution in [0.25, 0.3) is 0 Å². The zero-order valence-electron chi connectivity index (χ0n) is 55.0. The highest BCUT2D eigenvalue weighted by Gasteiger charge is 1.74. The van der Waals surface area contributed by atoms with Crippen molar-refractivity contribution < 1.29 is 0 Å². The minimum atomic E-state index is 0.889. The summed E-state index contributed by atoms with van der Waals surface area (Å²) in [6.45, 7) is 44.9. The molecule has 0 unspecified atom stereocenters. The molecule has 0 atom stereocenters. The summed E-state index contributed by atoms with van der Waals surface area (Å²) in [6.07, 6.45) is 53.8. The Kier molecular flexibility index (Phi) is 168. The second-order valence-electron chi connectivity index (χ2n) is 9.64. The fourth-order valence-corrected chi connectivity index (χ4v) is 2.82. The summed E-state index contributed by atoms with van der Waals surface area (Å²) in [5, 5.41) is 32.5. The van der Waals surface area contributed by atoms with Crippen molar-refractivity contribution in [3.05, 3.63) is 216 Å². The summed E-state index contributed by atoms with van der Waals surface area (Å²) in [7, 11) is 0. The van der Waals surface area contributed by atoms with Gasteiger partial charge >= 0.3 is 0 Å². The van der Waals surface area contributed by atoms with Gasteiger partial charge in [-0.2, -0.15) is 30.7 Å². The molecule has 8 aromatic heterocycles. The van der Waals surface area contributed by atoms with E-state index in [4.69, 9.17) is 0 Å². The van der Waals surface area contributed by atoms with Crippen molar-refractivity contribution in [3.8, 4) is 0 Å². The number of aliphatic imine (C=N–C) groups is 2. The maximum atomic E-state index is 3.85. The molecule has 1 aliphatic carbocycles. The molecule has 21 heteroatoms. The van der Waals surface area contributed by atoms with Crippen LogP contribution in [0.3, 0.4) is 0 Å². The Labute approximate surface area is 504 Å². The van der Waals surface area contributed by atoms with Gasteiger partial charge in [0.1, 0.15) is 38.0 Å². The Bertz CT molecular complexity index is 1520. The smallest absolute Gasteiger partial charge is 0.137 e. The number of hydrogen-bond donors (Lipinski definition) is 2. The monoisotopic (exact) mass is 1150 g/mol. The lowest BCUT2D eigenvalue weighted by Crippen LogP contribution is -1.78. The van der Waals surface area contributed by atoms with E-state index in [0.29, 0.717) is 0 Å². The topological polar surface area (TPSA) is 275 Å². The summed E-state index contributed by atoms with van der Waals surface area (Å²) in [6, 6.07) is 12.9. The average molecular weight is 1150 g/mol. The Morgan fingerprint density at radius 3 is 0.843 bits per heavy atom. The number of hydrogen-bond acceptors (Lipinski definition) is 19. The van der Waals surface area contributed by atoms with Gasteiger partial charge < -0.3 is 0 Å². The Morgan fingerprint density at radius 2 is 0.711 bits per heavy atom. The molecule has 0 radical (unpaired) electrons. The van der Waals surface area contributed by atoms with E-state index < -0.39 is 0 Å². The van der Waals surface area contributed by atoms with Crippen LogP contribution in [0.2, 0.25) is 0 Å². The van der Waals surface area contributed by atoms with Crippen LogP contribution < -0.4 is 0 Å².